The molecule has 10 nitrogen and oxygen atoms in total. The minimum absolute atomic E-state index is 0.0717. The number of pyridine rings is 2. The molecular weight excluding hydrogens is 446 g/mol. The predicted molar refractivity (Wildman–Crippen MR) is 131 cm³/mol. The predicted octanol–water partition coefficient (Wildman–Crippen LogP) is 1.45. The molecule has 1 N–H and O–H groups in total. The third-order valence-corrected chi connectivity index (χ3v) is 7.45. The third kappa shape index (κ3) is 4.32. The fraction of sp³-hybridized carbons (Fsp3) is 0.520. The quantitative estimate of drug-likeness (QED) is 0.570. The van der Waals surface area contributed by atoms with Gasteiger partial charge in [-0.25, -0.2) is 15.0 Å². The van der Waals surface area contributed by atoms with E-state index in [1.54, 1.807) is 6.33 Å². The molecule has 0 bridgehead atoms. The zero-order valence-electron chi connectivity index (χ0n) is 20.2. The highest BCUT2D eigenvalue weighted by Gasteiger charge is 2.30. The molecule has 0 spiro atoms. The van der Waals surface area contributed by atoms with Gasteiger partial charge >= 0.3 is 0 Å². The molecule has 184 valence electrons. The maximum absolute atomic E-state index is 11.7. The fourth-order valence-corrected chi connectivity index (χ4v) is 5.08. The lowest BCUT2D eigenvalue weighted by Crippen LogP contribution is -2.56. The number of aryl methyl sites for hydroxylation is 1. The van der Waals surface area contributed by atoms with Gasteiger partial charge in [0.2, 0.25) is 11.8 Å². The van der Waals surface area contributed by atoms with Crippen molar-refractivity contribution in [2.75, 3.05) is 50.8 Å². The van der Waals surface area contributed by atoms with Crippen molar-refractivity contribution in [2.24, 2.45) is 13.0 Å². The van der Waals surface area contributed by atoms with Gasteiger partial charge in [0.15, 0.2) is 0 Å². The molecule has 0 aromatic carbocycles. The van der Waals surface area contributed by atoms with Crippen molar-refractivity contribution >= 4 is 22.8 Å². The van der Waals surface area contributed by atoms with E-state index in [2.05, 4.69) is 32.2 Å². The number of aromatic nitrogens is 4. The average Bonchev–Trinajstić information content (AvgIpc) is 3.44. The molecule has 6 rings (SSSR count). The number of piperazine rings is 1. The molecule has 3 saturated heterocycles. The minimum Gasteiger partial charge on any atom is -0.473 e. The van der Waals surface area contributed by atoms with E-state index in [4.69, 9.17) is 19.4 Å². The summed E-state index contributed by atoms with van der Waals surface area (Å²) in [7, 11) is 1.93. The SMILES string of the molecule is C[C@@H](Oc1nc(-c2ccc(N3CCN(C4COC4)CC3)nc2)cc2ncn(C)c12)[C@H]1CNC(=O)C1. The van der Waals surface area contributed by atoms with E-state index in [1.807, 2.05) is 30.8 Å². The Labute approximate surface area is 204 Å². The molecule has 3 fully saturated rings. The third-order valence-electron chi connectivity index (χ3n) is 7.45. The van der Waals surface area contributed by atoms with Crippen molar-refractivity contribution in [1.29, 1.82) is 0 Å². The van der Waals surface area contributed by atoms with E-state index in [-0.39, 0.29) is 17.9 Å². The molecule has 2 atom stereocenters. The summed E-state index contributed by atoms with van der Waals surface area (Å²) in [6.45, 7) is 8.36. The summed E-state index contributed by atoms with van der Waals surface area (Å²) in [5.74, 6) is 1.71. The number of anilines is 1. The van der Waals surface area contributed by atoms with Gasteiger partial charge in [-0.3, -0.25) is 9.69 Å². The van der Waals surface area contributed by atoms with Crippen LogP contribution in [0.5, 0.6) is 5.88 Å². The molecular formula is C25H31N7O3. The molecule has 35 heavy (non-hydrogen) atoms. The van der Waals surface area contributed by atoms with Crippen LogP contribution >= 0.6 is 0 Å². The number of nitrogens with one attached hydrogen (secondary N) is 1. The topological polar surface area (TPSA) is 97.6 Å². The number of hydrogen-bond donors (Lipinski definition) is 1. The van der Waals surface area contributed by atoms with Crippen molar-refractivity contribution in [3.05, 3.63) is 30.7 Å². The van der Waals surface area contributed by atoms with Crippen LogP contribution in [0.4, 0.5) is 5.82 Å². The second kappa shape index (κ2) is 9.09. The van der Waals surface area contributed by atoms with E-state index in [9.17, 15) is 4.79 Å². The van der Waals surface area contributed by atoms with Gasteiger partial charge < -0.3 is 24.3 Å². The highest BCUT2D eigenvalue weighted by molar-refractivity contribution is 5.84. The van der Waals surface area contributed by atoms with Crippen molar-refractivity contribution in [2.45, 2.75) is 25.5 Å². The van der Waals surface area contributed by atoms with Gasteiger partial charge in [0, 0.05) is 63.9 Å². The number of hydrogen-bond acceptors (Lipinski definition) is 8. The first-order valence-electron chi connectivity index (χ1n) is 12.3. The molecule has 3 aromatic heterocycles. The van der Waals surface area contributed by atoms with Crippen LogP contribution in [0.1, 0.15) is 13.3 Å². The Morgan fingerprint density at radius 3 is 2.66 bits per heavy atom. The van der Waals surface area contributed by atoms with Crippen LogP contribution in [0.15, 0.2) is 30.7 Å². The molecule has 10 heteroatoms. The second-order valence-corrected chi connectivity index (χ2v) is 9.75. The van der Waals surface area contributed by atoms with Crippen LogP contribution in [-0.4, -0.2) is 88.4 Å². The number of imidazole rings is 1. The molecule has 3 aromatic rings. The van der Waals surface area contributed by atoms with E-state index in [1.165, 1.54) is 0 Å². The van der Waals surface area contributed by atoms with Crippen LogP contribution in [-0.2, 0) is 16.6 Å². The Balaban J connectivity index is 1.21. The smallest absolute Gasteiger partial charge is 0.241 e. The lowest BCUT2D eigenvalue weighted by Gasteiger charge is -2.42. The minimum atomic E-state index is -0.152. The zero-order valence-corrected chi connectivity index (χ0v) is 20.2. The fourth-order valence-electron chi connectivity index (χ4n) is 5.08. The molecule has 3 aliphatic rings. The summed E-state index contributed by atoms with van der Waals surface area (Å²) in [5, 5.41) is 2.89. The van der Waals surface area contributed by atoms with E-state index in [0.717, 1.165) is 67.5 Å². The van der Waals surface area contributed by atoms with Gasteiger partial charge in [-0.2, -0.15) is 0 Å². The van der Waals surface area contributed by atoms with Crippen molar-refractivity contribution < 1.29 is 14.3 Å². The maximum atomic E-state index is 11.7. The first kappa shape index (κ1) is 22.2. The van der Waals surface area contributed by atoms with Crippen molar-refractivity contribution in [3.8, 4) is 17.1 Å². The van der Waals surface area contributed by atoms with Gasteiger partial charge in [-0.15, -0.1) is 0 Å². The summed E-state index contributed by atoms with van der Waals surface area (Å²) in [6.07, 6.45) is 3.97. The van der Waals surface area contributed by atoms with E-state index < -0.39 is 0 Å². The molecule has 0 saturated carbocycles. The highest BCUT2D eigenvalue weighted by atomic mass is 16.5. The van der Waals surface area contributed by atoms with Crippen LogP contribution in [0.25, 0.3) is 22.3 Å². The summed E-state index contributed by atoms with van der Waals surface area (Å²) in [6, 6.07) is 6.70. The lowest BCUT2D eigenvalue weighted by molar-refractivity contribution is -0.119. The molecule has 0 radical (unpaired) electrons. The van der Waals surface area contributed by atoms with Crippen LogP contribution in [0, 0.1) is 5.92 Å². The largest absolute Gasteiger partial charge is 0.473 e. The number of nitrogens with zero attached hydrogens (tertiary/aromatic N) is 6. The molecule has 0 unspecified atom stereocenters. The Morgan fingerprint density at radius 1 is 1.17 bits per heavy atom. The molecule has 1 amide bonds. The van der Waals surface area contributed by atoms with Gasteiger partial charge in [0.05, 0.1) is 36.8 Å². The van der Waals surface area contributed by atoms with E-state index in [0.29, 0.717) is 24.9 Å². The molecule has 3 aliphatic heterocycles. The van der Waals surface area contributed by atoms with E-state index >= 15 is 0 Å². The highest BCUT2D eigenvalue weighted by Crippen LogP contribution is 2.31. The number of fused-ring (bicyclic) bond motifs is 1. The second-order valence-electron chi connectivity index (χ2n) is 9.75. The van der Waals surface area contributed by atoms with Gasteiger partial charge in [-0.05, 0) is 25.1 Å². The lowest BCUT2D eigenvalue weighted by atomic mass is 10.0. The molecule has 6 heterocycles. The number of ether oxygens (including phenoxy) is 2. The first-order chi connectivity index (χ1) is 17.0. The normalized spacial score (nSPS) is 22.3. The van der Waals surface area contributed by atoms with Gasteiger partial charge in [-0.1, -0.05) is 0 Å². The van der Waals surface area contributed by atoms with Gasteiger partial charge in [0.1, 0.15) is 17.4 Å². The monoisotopic (exact) mass is 477 g/mol. The zero-order chi connectivity index (χ0) is 23.9. The van der Waals surface area contributed by atoms with Crippen molar-refractivity contribution in [3.63, 3.8) is 0 Å². The first-order valence-corrected chi connectivity index (χ1v) is 12.3. The van der Waals surface area contributed by atoms with Crippen molar-refractivity contribution in [1.82, 2.24) is 29.7 Å². The summed E-state index contributed by atoms with van der Waals surface area (Å²) in [5.41, 5.74) is 3.35. The number of carbonyl (C=O) groups excluding carboxylic acids is 1. The van der Waals surface area contributed by atoms with Gasteiger partial charge in [0.25, 0.3) is 0 Å². The number of amides is 1. The summed E-state index contributed by atoms with van der Waals surface area (Å²) < 4.78 is 13.6. The van der Waals surface area contributed by atoms with Crippen LogP contribution in [0.3, 0.4) is 0 Å². The van der Waals surface area contributed by atoms with Crippen LogP contribution in [0.2, 0.25) is 0 Å². The molecule has 0 aliphatic carbocycles. The standard InChI is InChI=1S/C25H31N7O3/c1-16(18-9-23(33)27-12-18)35-25-24-21(28-15-30(24)2)10-20(29-25)17-3-4-22(26-11-17)32-7-5-31(6-8-32)19-13-34-14-19/h3-4,10-11,15-16,18-19H,5-9,12-14H2,1-2H3,(H,27,33)/t16-,18-/m1/s1. The summed E-state index contributed by atoms with van der Waals surface area (Å²) in [4.78, 5) is 30.7. The Bertz CT molecular complexity index is 1220. The Morgan fingerprint density at radius 2 is 2.00 bits per heavy atom. The Kier molecular flexibility index (Phi) is 5.77. The van der Waals surface area contributed by atoms with Crippen LogP contribution < -0.4 is 15.0 Å². The number of rotatable bonds is 6. The summed E-state index contributed by atoms with van der Waals surface area (Å²) >= 11 is 0. The Hall–Kier alpha value is -3.24. The maximum Gasteiger partial charge on any atom is 0.241 e. The average molecular weight is 478 g/mol. The number of carbonyl (C=O) groups is 1.